The molecule has 3 heterocycles. The predicted octanol–water partition coefficient (Wildman–Crippen LogP) is 3.68. The number of ether oxygens (including phenoxy) is 4. The summed E-state index contributed by atoms with van der Waals surface area (Å²) in [6, 6.07) is 6.42. The van der Waals surface area contributed by atoms with E-state index in [0.717, 1.165) is 0 Å². The van der Waals surface area contributed by atoms with Crippen LogP contribution in [0.1, 0.15) is 59.6 Å². The van der Waals surface area contributed by atoms with Crippen molar-refractivity contribution in [1.82, 2.24) is 0 Å². The number of epoxide rings is 1. The molecule has 32 heavy (non-hydrogen) atoms. The number of hydrogen-bond acceptors (Lipinski definition) is 8. The zero-order chi connectivity index (χ0) is 23.4. The Bertz CT molecular complexity index is 1130. The van der Waals surface area contributed by atoms with Crippen molar-refractivity contribution in [3.05, 3.63) is 40.2 Å². The fraction of sp³-hybridized carbons (Fsp3) is 0.542. The van der Waals surface area contributed by atoms with Crippen LogP contribution < -0.4 is 10.4 Å². The zero-order valence-corrected chi connectivity index (χ0v) is 19.1. The van der Waals surface area contributed by atoms with Crippen molar-refractivity contribution < 1.29 is 33.0 Å². The van der Waals surface area contributed by atoms with Gasteiger partial charge in [0.15, 0.2) is 17.8 Å². The summed E-state index contributed by atoms with van der Waals surface area (Å²) in [6.07, 6.45) is -1.74. The molecule has 5 atom stereocenters. The Balaban J connectivity index is 1.85. The van der Waals surface area contributed by atoms with Gasteiger partial charge in [-0.1, -0.05) is 13.8 Å². The number of fused-ring (bicyclic) bond motifs is 3. The van der Waals surface area contributed by atoms with Gasteiger partial charge < -0.3 is 23.4 Å². The summed E-state index contributed by atoms with van der Waals surface area (Å²) in [6.45, 7) is 10.6. The van der Waals surface area contributed by atoms with Gasteiger partial charge in [0.1, 0.15) is 16.9 Å². The van der Waals surface area contributed by atoms with Crippen molar-refractivity contribution in [1.29, 1.82) is 0 Å². The lowest BCUT2D eigenvalue weighted by atomic mass is 9.87. The van der Waals surface area contributed by atoms with E-state index in [1.54, 1.807) is 52.8 Å². The first-order chi connectivity index (χ1) is 15.0. The molecule has 0 unspecified atom stereocenters. The molecular formula is C24H28O8. The molecule has 1 aromatic heterocycles. The molecule has 0 spiro atoms. The van der Waals surface area contributed by atoms with Gasteiger partial charge in [0.2, 0.25) is 0 Å². The largest absolute Gasteiger partial charge is 0.483 e. The predicted molar refractivity (Wildman–Crippen MR) is 114 cm³/mol. The number of esters is 2. The number of rotatable bonds is 5. The molecule has 2 aromatic rings. The summed E-state index contributed by atoms with van der Waals surface area (Å²) in [4.78, 5) is 37.8. The minimum atomic E-state index is -1.06. The monoisotopic (exact) mass is 444 g/mol. The minimum Gasteiger partial charge on any atom is -0.483 e. The Morgan fingerprint density at radius 2 is 1.78 bits per heavy atom. The molecule has 1 aromatic carbocycles. The molecule has 0 radical (unpaired) electrons. The number of carbonyl (C=O) groups excluding carboxylic acids is 2. The normalized spacial score (nSPS) is 28.9. The molecular weight excluding hydrogens is 416 g/mol. The fourth-order valence-corrected chi connectivity index (χ4v) is 3.86. The van der Waals surface area contributed by atoms with Crippen molar-refractivity contribution in [2.24, 2.45) is 5.92 Å². The first kappa shape index (κ1) is 22.3. The second kappa shape index (κ2) is 7.62. The van der Waals surface area contributed by atoms with Gasteiger partial charge in [-0.25, -0.2) is 9.59 Å². The van der Waals surface area contributed by atoms with Gasteiger partial charge in [0.25, 0.3) is 0 Å². The molecule has 0 saturated carbocycles. The van der Waals surface area contributed by atoms with Crippen LogP contribution in [0.5, 0.6) is 5.75 Å². The minimum absolute atomic E-state index is 0.232. The topological polar surface area (TPSA) is 105 Å². The van der Waals surface area contributed by atoms with Crippen LogP contribution in [0.2, 0.25) is 0 Å². The van der Waals surface area contributed by atoms with E-state index in [2.05, 4.69) is 0 Å². The highest BCUT2D eigenvalue weighted by Crippen LogP contribution is 2.48. The summed E-state index contributed by atoms with van der Waals surface area (Å²) >= 11 is 0. The quantitative estimate of drug-likeness (QED) is 0.391. The third-order valence-electron chi connectivity index (χ3n) is 6.44. The van der Waals surface area contributed by atoms with E-state index in [4.69, 9.17) is 23.4 Å². The third-order valence-corrected chi connectivity index (χ3v) is 6.44. The molecule has 1 saturated heterocycles. The van der Waals surface area contributed by atoms with Crippen LogP contribution in [0.15, 0.2) is 33.5 Å². The maximum absolute atomic E-state index is 12.9. The van der Waals surface area contributed by atoms with Crippen molar-refractivity contribution in [3.8, 4) is 5.75 Å². The van der Waals surface area contributed by atoms with Gasteiger partial charge in [0, 0.05) is 11.5 Å². The van der Waals surface area contributed by atoms with E-state index in [0.29, 0.717) is 23.1 Å². The van der Waals surface area contributed by atoms with Gasteiger partial charge in [-0.05, 0) is 52.3 Å². The van der Waals surface area contributed by atoms with Gasteiger partial charge >= 0.3 is 17.6 Å². The van der Waals surface area contributed by atoms with Crippen LogP contribution in [-0.4, -0.2) is 35.3 Å². The molecule has 1 fully saturated rings. The molecule has 4 rings (SSSR count). The summed E-state index contributed by atoms with van der Waals surface area (Å²) in [5.41, 5.74) is -2.06. The van der Waals surface area contributed by atoms with Crippen LogP contribution in [0.3, 0.4) is 0 Å². The lowest BCUT2D eigenvalue weighted by Crippen LogP contribution is -2.53. The second-order valence-corrected chi connectivity index (χ2v) is 9.22. The van der Waals surface area contributed by atoms with Crippen molar-refractivity contribution >= 4 is 22.9 Å². The average Bonchev–Trinajstić information content (AvgIpc) is 3.36. The highest BCUT2D eigenvalue weighted by atomic mass is 16.7. The van der Waals surface area contributed by atoms with Crippen LogP contribution >= 0.6 is 0 Å². The van der Waals surface area contributed by atoms with Gasteiger partial charge in [-0.3, -0.25) is 4.79 Å². The molecule has 0 aliphatic carbocycles. The van der Waals surface area contributed by atoms with E-state index in [9.17, 15) is 14.4 Å². The Kier molecular flexibility index (Phi) is 5.32. The van der Waals surface area contributed by atoms with Gasteiger partial charge in [-0.15, -0.1) is 0 Å². The van der Waals surface area contributed by atoms with Crippen molar-refractivity contribution in [2.45, 2.75) is 77.5 Å². The molecule has 2 aliphatic heterocycles. The number of hydrogen-bond donors (Lipinski definition) is 0. The summed E-state index contributed by atoms with van der Waals surface area (Å²) in [7, 11) is 0. The Hall–Kier alpha value is -2.87. The highest BCUT2D eigenvalue weighted by molar-refractivity contribution is 5.85. The highest BCUT2D eigenvalue weighted by Gasteiger charge is 2.60. The summed E-state index contributed by atoms with van der Waals surface area (Å²) in [5.74, 6) is -0.985. The smallest absolute Gasteiger partial charge is 0.341 e. The fourth-order valence-electron chi connectivity index (χ4n) is 3.86. The van der Waals surface area contributed by atoms with E-state index in [-0.39, 0.29) is 17.6 Å². The maximum Gasteiger partial charge on any atom is 0.341 e. The van der Waals surface area contributed by atoms with Crippen LogP contribution in [0, 0.1) is 5.92 Å². The first-order valence-electron chi connectivity index (χ1n) is 10.8. The second-order valence-electron chi connectivity index (χ2n) is 9.22. The average molecular weight is 444 g/mol. The summed E-state index contributed by atoms with van der Waals surface area (Å²) in [5, 5.41) is 0.632. The first-order valence-corrected chi connectivity index (χ1v) is 10.8. The van der Waals surface area contributed by atoms with Crippen molar-refractivity contribution in [2.75, 3.05) is 0 Å². The van der Waals surface area contributed by atoms with Gasteiger partial charge in [-0.2, -0.15) is 0 Å². The van der Waals surface area contributed by atoms with E-state index < -0.39 is 41.0 Å². The lowest BCUT2D eigenvalue weighted by molar-refractivity contribution is -0.195. The van der Waals surface area contributed by atoms with E-state index >= 15 is 0 Å². The SMILES string of the molecule is CC[C@@H](C)C(=O)O[C@@H]1c2c(ccc3ccc(=O)oc23)OC(C)(C)[C@@H]1OC(=O)[C@]1(C)O[C@@H]1C. The Morgan fingerprint density at radius 1 is 1.12 bits per heavy atom. The Morgan fingerprint density at radius 3 is 2.41 bits per heavy atom. The van der Waals surface area contributed by atoms with E-state index in [1.165, 1.54) is 6.07 Å². The third kappa shape index (κ3) is 3.66. The van der Waals surface area contributed by atoms with E-state index in [1.807, 2.05) is 6.92 Å². The van der Waals surface area contributed by atoms with Crippen LogP contribution in [-0.2, 0) is 23.8 Å². The Labute approximate surface area is 185 Å². The molecule has 0 N–H and O–H groups in total. The standard InChI is InChI=1S/C24H28O8/c1-7-12(2)21(26)29-19-17-15(10-8-14-9-11-16(25)28-18(14)17)32-23(4,5)20(19)30-22(27)24(6)13(3)31-24/h8-13,19-20H,7H2,1-6H3/t12-,13-,19-,20-,24-/m1/s1. The summed E-state index contributed by atoms with van der Waals surface area (Å²) < 4.78 is 28.9. The van der Waals surface area contributed by atoms with Gasteiger partial charge in [0.05, 0.1) is 17.6 Å². The number of benzene rings is 1. The molecule has 0 bridgehead atoms. The van der Waals surface area contributed by atoms with Crippen molar-refractivity contribution in [3.63, 3.8) is 0 Å². The molecule has 172 valence electrons. The molecule has 2 aliphatic rings. The molecule has 8 heteroatoms. The molecule has 0 amide bonds. The number of carbonyl (C=O) groups is 2. The molecule has 8 nitrogen and oxygen atoms in total. The van der Waals surface area contributed by atoms with Crippen LogP contribution in [0.25, 0.3) is 11.0 Å². The lowest BCUT2D eigenvalue weighted by Gasteiger charge is -2.43. The zero-order valence-electron chi connectivity index (χ0n) is 19.1. The maximum atomic E-state index is 12.9. The van der Waals surface area contributed by atoms with Crippen LogP contribution in [0.4, 0.5) is 0 Å².